The zero-order valence-electron chi connectivity index (χ0n) is 10.2. The molecular formula is C13H7Br2F3N2O. The number of aromatic nitrogens is 1. The monoisotopic (exact) mass is 422 g/mol. The lowest BCUT2D eigenvalue weighted by Crippen LogP contribution is -2.14. The Morgan fingerprint density at radius 1 is 1.14 bits per heavy atom. The largest absolute Gasteiger partial charge is 0.433 e. The molecule has 0 atom stereocenters. The van der Waals surface area contributed by atoms with Crippen LogP contribution >= 0.6 is 31.9 Å². The molecule has 8 heteroatoms. The van der Waals surface area contributed by atoms with Crippen molar-refractivity contribution >= 4 is 43.5 Å². The van der Waals surface area contributed by atoms with Crippen molar-refractivity contribution < 1.29 is 18.0 Å². The number of pyridine rings is 1. The second-order valence-electron chi connectivity index (χ2n) is 4.01. The Morgan fingerprint density at radius 3 is 2.38 bits per heavy atom. The molecule has 0 radical (unpaired) electrons. The van der Waals surface area contributed by atoms with E-state index in [4.69, 9.17) is 0 Å². The van der Waals surface area contributed by atoms with Crippen LogP contribution < -0.4 is 5.32 Å². The number of halogens is 5. The molecule has 0 saturated carbocycles. The lowest BCUT2D eigenvalue weighted by atomic mass is 10.2. The average molecular weight is 424 g/mol. The van der Waals surface area contributed by atoms with Gasteiger partial charge in [0.1, 0.15) is 5.69 Å². The third kappa shape index (κ3) is 4.04. The first-order valence-corrected chi connectivity index (χ1v) is 7.15. The Labute approximate surface area is 134 Å². The highest BCUT2D eigenvalue weighted by Gasteiger charge is 2.32. The Morgan fingerprint density at radius 2 is 1.86 bits per heavy atom. The van der Waals surface area contributed by atoms with Crippen LogP contribution in [-0.4, -0.2) is 10.9 Å². The van der Waals surface area contributed by atoms with Crippen molar-refractivity contribution in [1.82, 2.24) is 4.98 Å². The van der Waals surface area contributed by atoms with Crippen molar-refractivity contribution in [3.63, 3.8) is 0 Å². The van der Waals surface area contributed by atoms with Gasteiger partial charge in [-0.1, -0.05) is 15.9 Å². The number of carbonyl (C=O) groups excluding carboxylic acids is 1. The van der Waals surface area contributed by atoms with E-state index in [1.807, 2.05) is 0 Å². The number of carbonyl (C=O) groups is 1. The summed E-state index contributed by atoms with van der Waals surface area (Å²) in [5.74, 6) is -0.448. The molecule has 2 rings (SSSR count). The zero-order valence-corrected chi connectivity index (χ0v) is 13.4. The molecule has 110 valence electrons. The summed E-state index contributed by atoms with van der Waals surface area (Å²) in [6.45, 7) is 0. The van der Waals surface area contributed by atoms with Gasteiger partial charge in [-0.2, -0.15) is 13.2 Å². The van der Waals surface area contributed by atoms with E-state index in [-0.39, 0.29) is 5.69 Å². The first-order chi connectivity index (χ1) is 9.77. The van der Waals surface area contributed by atoms with E-state index in [1.165, 1.54) is 0 Å². The van der Waals surface area contributed by atoms with Crippen molar-refractivity contribution in [3.05, 3.63) is 56.7 Å². The van der Waals surface area contributed by atoms with Crippen molar-refractivity contribution in [2.75, 3.05) is 5.32 Å². The standard InChI is InChI=1S/C13H7Br2F3N2O/c14-7-1-3-9(10(15)5-7)12(21)20-8-2-4-11(19-6-8)13(16,17)18/h1-6H,(H,20,21). The highest BCUT2D eigenvalue weighted by Crippen LogP contribution is 2.28. The Bertz CT molecular complexity index is 672. The minimum atomic E-state index is -4.50. The summed E-state index contributed by atoms with van der Waals surface area (Å²) in [6.07, 6.45) is -3.54. The average Bonchev–Trinajstić information content (AvgIpc) is 2.38. The number of nitrogens with zero attached hydrogens (tertiary/aromatic N) is 1. The molecule has 0 aliphatic rings. The Balaban J connectivity index is 2.16. The van der Waals surface area contributed by atoms with Gasteiger partial charge in [-0.3, -0.25) is 4.79 Å². The van der Waals surface area contributed by atoms with Gasteiger partial charge in [0.05, 0.1) is 17.4 Å². The molecule has 0 fully saturated rings. The van der Waals surface area contributed by atoms with E-state index in [9.17, 15) is 18.0 Å². The van der Waals surface area contributed by atoms with Crippen molar-refractivity contribution in [1.29, 1.82) is 0 Å². The summed E-state index contributed by atoms with van der Waals surface area (Å²) in [4.78, 5) is 15.3. The minimum Gasteiger partial charge on any atom is -0.321 e. The zero-order chi connectivity index (χ0) is 15.6. The summed E-state index contributed by atoms with van der Waals surface area (Å²) in [5, 5.41) is 2.48. The number of hydrogen-bond acceptors (Lipinski definition) is 2. The van der Waals surface area contributed by atoms with E-state index >= 15 is 0 Å². The van der Waals surface area contributed by atoms with Gasteiger partial charge < -0.3 is 5.32 Å². The van der Waals surface area contributed by atoms with Crippen LogP contribution in [0, 0.1) is 0 Å². The molecule has 0 bridgehead atoms. The fourth-order valence-corrected chi connectivity index (χ4v) is 2.73. The lowest BCUT2D eigenvalue weighted by Gasteiger charge is -2.09. The Kier molecular flexibility index (Phi) is 4.67. The molecule has 0 saturated heterocycles. The van der Waals surface area contributed by atoms with Crippen molar-refractivity contribution in [2.24, 2.45) is 0 Å². The van der Waals surface area contributed by atoms with Gasteiger partial charge in [0.15, 0.2) is 0 Å². The first kappa shape index (κ1) is 16.0. The summed E-state index contributed by atoms with van der Waals surface area (Å²) in [6, 6.07) is 6.93. The van der Waals surface area contributed by atoms with Gasteiger partial charge in [0, 0.05) is 8.95 Å². The van der Waals surface area contributed by atoms with E-state index in [2.05, 4.69) is 42.2 Å². The molecule has 1 amide bonds. The van der Waals surface area contributed by atoms with Crippen LogP contribution in [0.1, 0.15) is 16.1 Å². The molecule has 1 aromatic carbocycles. The van der Waals surface area contributed by atoms with Crippen LogP contribution in [0.15, 0.2) is 45.5 Å². The Hall–Kier alpha value is -1.41. The lowest BCUT2D eigenvalue weighted by molar-refractivity contribution is -0.141. The highest BCUT2D eigenvalue weighted by molar-refractivity contribution is 9.11. The summed E-state index contributed by atoms with van der Waals surface area (Å²) < 4.78 is 38.5. The molecule has 1 aromatic heterocycles. The fourth-order valence-electron chi connectivity index (χ4n) is 1.51. The number of benzene rings is 1. The van der Waals surface area contributed by atoms with Gasteiger partial charge in [0.2, 0.25) is 0 Å². The van der Waals surface area contributed by atoms with Gasteiger partial charge in [-0.25, -0.2) is 4.98 Å². The van der Waals surface area contributed by atoms with Crippen LogP contribution in [0.4, 0.5) is 18.9 Å². The number of nitrogens with one attached hydrogen (secondary N) is 1. The van der Waals surface area contributed by atoms with Gasteiger partial charge >= 0.3 is 6.18 Å². The third-order valence-corrected chi connectivity index (χ3v) is 3.64. The van der Waals surface area contributed by atoms with E-state index in [0.717, 1.165) is 22.8 Å². The summed E-state index contributed by atoms with van der Waals surface area (Å²) >= 11 is 6.50. The number of alkyl halides is 3. The van der Waals surface area contributed by atoms with Gasteiger partial charge in [-0.05, 0) is 46.3 Å². The predicted octanol–water partition coefficient (Wildman–Crippen LogP) is 4.88. The first-order valence-electron chi connectivity index (χ1n) is 5.57. The van der Waals surface area contributed by atoms with E-state index in [1.54, 1.807) is 18.2 Å². The predicted molar refractivity (Wildman–Crippen MR) is 79.0 cm³/mol. The van der Waals surface area contributed by atoms with Crippen molar-refractivity contribution in [2.45, 2.75) is 6.18 Å². The third-order valence-electron chi connectivity index (χ3n) is 2.49. The van der Waals surface area contributed by atoms with Gasteiger partial charge in [0.25, 0.3) is 5.91 Å². The van der Waals surface area contributed by atoms with Gasteiger partial charge in [-0.15, -0.1) is 0 Å². The summed E-state index contributed by atoms with van der Waals surface area (Å²) in [7, 11) is 0. The molecule has 3 nitrogen and oxygen atoms in total. The van der Waals surface area contributed by atoms with Crippen molar-refractivity contribution in [3.8, 4) is 0 Å². The van der Waals surface area contributed by atoms with Crippen LogP contribution in [0.25, 0.3) is 0 Å². The highest BCUT2D eigenvalue weighted by atomic mass is 79.9. The maximum absolute atomic E-state index is 12.4. The van der Waals surface area contributed by atoms with E-state index in [0.29, 0.717) is 10.0 Å². The van der Waals surface area contributed by atoms with Crippen LogP contribution in [0.2, 0.25) is 0 Å². The molecule has 2 aromatic rings. The smallest absolute Gasteiger partial charge is 0.321 e. The van der Waals surface area contributed by atoms with Crippen LogP contribution in [0.5, 0.6) is 0 Å². The van der Waals surface area contributed by atoms with Crippen LogP contribution in [0.3, 0.4) is 0 Å². The molecule has 0 spiro atoms. The molecule has 1 heterocycles. The SMILES string of the molecule is O=C(Nc1ccc(C(F)(F)F)nc1)c1ccc(Br)cc1Br. The molecule has 1 N–H and O–H groups in total. The maximum Gasteiger partial charge on any atom is 0.433 e. The maximum atomic E-state index is 12.4. The molecule has 21 heavy (non-hydrogen) atoms. The normalized spacial score (nSPS) is 11.3. The number of anilines is 1. The molecule has 0 aliphatic carbocycles. The summed E-state index contributed by atoms with van der Waals surface area (Å²) in [5.41, 5.74) is -0.466. The fraction of sp³-hybridized carbons (Fsp3) is 0.0769. The van der Waals surface area contributed by atoms with Crippen LogP contribution in [-0.2, 0) is 6.18 Å². The quantitative estimate of drug-likeness (QED) is 0.748. The molecular weight excluding hydrogens is 417 g/mol. The molecule has 0 aliphatic heterocycles. The minimum absolute atomic E-state index is 0.183. The number of amides is 1. The number of hydrogen-bond donors (Lipinski definition) is 1. The second kappa shape index (κ2) is 6.15. The number of rotatable bonds is 2. The second-order valence-corrected chi connectivity index (χ2v) is 5.78. The van der Waals surface area contributed by atoms with E-state index < -0.39 is 17.8 Å². The topological polar surface area (TPSA) is 42.0 Å². The molecule has 0 unspecified atom stereocenters.